The van der Waals surface area contributed by atoms with Crippen LogP contribution in [0.3, 0.4) is 0 Å². The second kappa shape index (κ2) is 4.93. The molecule has 0 N–H and O–H groups in total. The average molecular weight is 245 g/mol. The fourth-order valence-corrected chi connectivity index (χ4v) is 2.09. The molecule has 1 aromatic carbocycles. The second-order valence-electron chi connectivity index (χ2n) is 3.51. The Morgan fingerprint density at radius 2 is 1.76 bits per heavy atom. The number of rotatable bonds is 3. The van der Waals surface area contributed by atoms with Gasteiger partial charge in [0.25, 0.3) is 11.7 Å². The number of carbonyl (C=O) groups excluding carboxylic acids is 2. The average Bonchev–Trinajstić information content (AvgIpc) is 2.91. The summed E-state index contributed by atoms with van der Waals surface area (Å²) in [5, 5.41) is 1.78. The first kappa shape index (κ1) is 11.5. The molecule has 0 aliphatic rings. The van der Waals surface area contributed by atoms with E-state index in [9.17, 15) is 9.59 Å². The van der Waals surface area contributed by atoms with Gasteiger partial charge in [0, 0.05) is 12.7 Å². The van der Waals surface area contributed by atoms with Crippen molar-refractivity contribution < 1.29 is 9.59 Å². The van der Waals surface area contributed by atoms with Gasteiger partial charge in [0.1, 0.15) is 0 Å². The summed E-state index contributed by atoms with van der Waals surface area (Å²) in [6, 6.07) is 12.5. The predicted molar refractivity (Wildman–Crippen MR) is 68.5 cm³/mol. The van der Waals surface area contributed by atoms with Gasteiger partial charge in [0.05, 0.1) is 4.88 Å². The lowest BCUT2D eigenvalue weighted by Crippen LogP contribution is -2.32. The molecule has 0 aliphatic carbocycles. The van der Waals surface area contributed by atoms with Gasteiger partial charge < -0.3 is 4.90 Å². The third kappa shape index (κ3) is 2.42. The number of benzene rings is 1. The Morgan fingerprint density at radius 3 is 2.35 bits per heavy atom. The van der Waals surface area contributed by atoms with Crippen molar-refractivity contribution in [3.8, 4) is 0 Å². The van der Waals surface area contributed by atoms with Crippen LogP contribution in [-0.4, -0.2) is 18.7 Å². The van der Waals surface area contributed by atoms with Crippen molar-refractivity contribution in [1.82, 2.24) is 0 Å². The third-order valence-corrected chi connectivity index (χ3v) is 3.26. The molecule has 86 valence electrons. The van der Waals surface area contributed by atoms with E-state index in [4.69, 9.17) is 0 Å². The molecule has 4 heteroatoms. The van der Waals surface area contributed by atoms with Crippen LogP contribution >= 0.6 is 11.3 Å². The quantitative estimate of drug-likeness (QED) is 0.615. The van der Waals surface area contributed by atoms with E-state index in [0.29, 0.717) is 10.6 Å². The molecule has 2 aromatic rings. The Hall–Kier alpha value is -1.94. The Balaban J connectivity index is 2.19. The van der Waals surface area contributed by atoms with Crippen LogP contribution in [-0.2, 0) is 4.79 Å². The number of hydrogen-bond donors (Lipinski definition) is 0. The number of carbonyl (C=O) groups is 2. The maximum atomic E-state index is 11.9. The zero-order valence-electron chi connectivity index (χ0n) is 9.29. The zero-order valence-corrected chi connectivity index (χ0v) is 10.1. The second-order valence-corrected chi connectivity index (χ2v) is 4.45. The molecule has 0 bridgehead atoms. The van der Waals surface area contributed by atoms with Crippen LogP contribution in [0.15, 0.2) is 47.8 Å². The Morgan fingerprint density at radius 1 is 1.06 bits per heavy atom. The molecule has 3 nitrogen and oxygen atoms in total. The number of Topliss-reactive ketones (excluding diaryl/α,β-unsaturated/α-hetero) is 1. The van der Waals surface area contributed by atoms with Gasteiger partial charge in [-0.15, -0.1) is 11.3 Å². The Bertz CT molecular complexity index is 520. The molecule has 0 saturated carbocycles. The summed E-state index contributed by atoms with van der Waals surface area (Å²) in [7, 11) is 1.60. The number of thiophene rings is 1. The van der Waals surface area contributed by atoms with Gasteiger partial charge in [-0.1, -0.05) is 24.3 Å². The lowest BCUT2D eigenvalue weighted by Gasteiger charge is -2.15. The summed E-state index contributed by atoms with van der Waals surface area (Å²) >= 11 is 1.27. The van der Waals surface area contributed by atoms with E-state index in [2.05, 4.69) is 0 Å². The van der Waals surface area contributed by atoms with Gasteiger partial charge in [0.15, 0.2) is 0 Å². The summed E-state index contributed by atoms with van der Waals surface area (Å²) in [4.78, 5) is 25.6. The monoisotopic (exact) mass is 245 g/mol. The number of para-hydroxylation sites is 1. The molecule has 0 unspecified atom stereocenters. The number of nitrogens with zero attached hydrogens (tertiary/aromatic N) is 1. The van der Waals surface area contributed by atoms with Crippen molar-refractivity contribution in [3.05, 3.63) is 52.7 Å². The highest BCUT2D eigenvalue weighted by molar-refractivity contribution is 7.13. The standard InChI is InChI=1S/C13H11NO2S/c1-14(10-6-3-2-4-7-10)13(16)12(15)11-8-5-9-17-11/h2-9H,1H3. The number of amides is 1. The molecule has 0 radical (unpaired) electrons. The molecule has 1 heterocycles. The highest BCUT2D eigenvalue weighted by Gasteiger charge is 2.21. The van der Waals surface area contributed by atoms with E-state index >= 15 is 0 Å². The highest BCUT2D eigenvalue weighted by atomic mass is 32.1. The molecule has 0 fully saturated rings. The largest absolute Gasteiger partial charge is 0.309 e. The normalized spacial score (nSPS) is 9.94. The Labute approximate surface area is 103 Å². The summed E-state index contributed by atoms with van der Waals surface area (Å²) < 4.78 is 0. The van der Waals surface area contributed by atoms with Crippen LogP contribution in [0.5, 0.6) is 0 Å². The fourth-order valence-electron chi connectivity index (χ4n) is 1.43. The molecule has 0 saturated heterocycles. The third-order valence-electron chi connectivity index (χ3n) is 2.39. The van der Waals surface area contributed by atoms with Crippen molar-refractivity contribution >= 4 is 28.7 Å². The van der Waals surface area contributed by atoms with Crippen molar-refractivity contribution in [1.29, 1.82) is 0 Å². The van der Waals surface area contributed by atoms with Crippen LogP contribution in [0.4, 0.5) is 5.69 Å². The molecule has 0 spiro atoms. The maximum absolute atomic E-state index is 11.9. The van der Waals surface area contributed by atoms with Gasteiger partial charge >= 0.3 is 0 Å². The smallest absolute Gasteiger partial charge is 0.299 e. The van der Waals surface area contributed by atoms with Gasteiger partial charge in [0.2, 0.25) is 0 Å². The first-order valence-corrected chi connectivity index (χ1v) is 5.99. The van der Waals surface area contributed by atoms with Gasteiger partial charge in [-0.25, -0.2) is 0 Å². The maximum Gasteiger partial charge on any atom is 0.299 e. The van der Waals surface area contributed by atoms with E-state index in [0.717, 1.165) is 0 Å². The van der Waals surface area contributed by atoms with E-state index in [1.807, 2.05) is 18.2 Å². The lowest BCUT2D eigenvalue weighted by molar-refractivity contribution is -0.114. The van der Waals surface area contributed by atoms with E-state index in [1.165, 1.54) is 16.2 Å². The van der Waals surface area contributed by atoms with Crippen LogP contribution in [0.25, 0.3) is 0 Å². The van der Waals surface area contributed by atoms with E-state index < -0.39 is 11.7 Å². The topological polar surface area (TPSA) is 37.4 Å². The summed E-state index contributed by atoms with van der Waals surface area (Å²) in [5.74, 6) is -0.981. The Kier molecular flexibility index (Phi) is 3.35. The summed E-state index contributed by atoms with van der Waals surface area (Å²) in [6.45, 7) is 0. The minimum Gasteiger partial charge on any atom is -0.309 e. The summed E-state index contributed by atoms with van der Waals surface area (Å²) in [5.41, 5.74) is 0.711. The summed E-state index contributed by atoms with van der Waals surface area (Å²) in [6.07, 6.45) is 0. The van der Waals surface area contributed by atoms with Gasteiger partial charge in [-0.3, -0.25) is 9.59 Å². The zero-order chi connectivity index (χ0) is 12.3. The molecular weight excluding hydrogens is 234 g/mol. The molecule has 0 atom stereocenters. The molecule has 1 amide bonds. The number of ketones is 1. The first-order chi connectivity index (χ1) is 8.20. The molecule has 1 aromatic heterocycles. The van der Waals surface area contributed by atoms with Crippen molar-refractivity contribution in [2.24, 2.45) is 0 Å². The minimum absolute atomic E-state index is 0.466. The molecule has 17 heavy (non-hydrogen) atoms. The lowest BCUT2D eigenvalue weighted by atomic mass is 10.2. The van der Waals surface area contributed by atoms with Crippen LogP contribution in [0.1, 0.15) is 9.67 Å². The van der Waals surface area contributed by atoms with Crippen LogP contribution < -0.4 is 4.90 Å². The SMILES string of the molecule is CN(C(=O)C(=O)c1cccs1)c1ccccc1. The molecular formula is C13H11NO2S. The van der Waals surface area contributed by atoms with Crippen molar-refractivity contribution in [2.45, 2.75) is 0 Å². The molecule has 0 aliphatic heterocycles. The van der Waals surface area contributed by atoms with Crippen molar-refractivity contribution in [3.63, 3.8) is 0 Å². The first-order valence-electron chi connectivity index (χ1n) is 5.11. The van der Waals surface area contributed by atoms with Gasteiger partial charge in [-0.05, 0) is 23.6 Å². The number of likely N-dealkylation sites (N-methyl/N-ethyl adjacent to an activating group) is 1. The predicted octanol–water partition coefficient (Wildman–Crippen LogP) is 2.59. The molecule has 2 rings (SSSR count). The van der Waals surface area contributed by atoms with Gasteiger partial charge in [-0.2, -0.15) is 0 Å². The van der Waals surface area contributed by atoms with Crippen molar-refractivity contribution in [2.75, 3.05) is 11.9 Å². The van der Waals surface area contributed by atoms with Crippen LogP contribution in [0, 0.1) is 0 Å². The van der Waals surface area contributed by atoms with E-state index in [1.54, 1.807) is 36.7 Å². The number of hydrogen-bond acceptors (Lipinski definition) is 3. The van der Waals surface area contributed by atoms with Crippen LogP contribution in [0.2, 0.25) is 0 Å². The van der Waals surface area contributed by atoms with E-state index in [-0.39, 0.29) is 0 Å². The fraction of sp³-hybridized carbons (Fsp3) is 0.0769. The minimum atomic E-state index is -0.515. The number of anilines is 1. The highest BCUT2D eigenvalue weighted by Crippen LogP contribution is 2.15.